The van der Waals surface area contributed by atoms with Crippen LogP contribution in [0.15, 0.2) is 69.3 Å². The van der Waals surface area contributed by atoms with E-state index in [-0.39, 0.29) is 22.7 Å². The summed E-state index contributed by atoms with van der Waals surface area (Å²) in [6.45, 7) is 4.62. The van der Waals surface area contributed by atoms with Crippen LogP contribution < -0.4 is 0 Å². The van der Waals surface area contributed by atoms with Crippen molar-refractivity contribution in [1.29, 1.82) is 0 Å². The zero-order valence-electron chi connectivity index (χ0n) is 18.4. The van der Waals surface area contributed by atoms with Gasteiger partial charge in [-0.1, -0.05) is 29.4 Å². The Balaban J connectivity index is 1.27. The lowest BCUT2D eigenvalue weighted by molar-refractivity contribution is 0.0983. The molecule has 0 radical (unpaired) electrons. The van der Waals surface area contributed by atoms with Gasteiger partial charge < -0.3 is 0 Å². The smallest absolute Gasteiger partial charge is 0.142 e. The number of benzene rings is 3. The Kier molecular flexibility index (Phi) is 7.46. The van der Waals surface area contributed by atoms with Crippen molar-refractivity contribution in [2.75, 3.05) is 38.5 Å². The minimum absolute atomic E-state index is 0.0584. The highest BCUT2D eigenvalue weighted by atomic mass is 35.5. The number of hydrogen-bond acceptors (Lipinski definition) is 4. The van der Waals surface area contributed by atoms with Crippen molar-refractivity contribution in [3.8, 4) is 0 Å². The molecule has 0 amide bonds. The molecule has 2 heterocycles. The monoisotopic (exact) mass is 520 g/mol. The van der Waals surface area contributed by atoms with Gasteiger partial charge in [-0.15, -0.1) is 11.8 Å². The van der Waals surface area contributed by atoms with Gasteiger partial charge >= 0.3 is 0 Å². The van der Waals surface area contributed by atoms with Crippen LogP contribution in [0.25, 0.3) is 0 Å². The third-order valence-electron chi connectivity index (χ3n) is 6.41. The molecular formula is C26H24ClF3N2S2. The van der Waals surface area contributed by atoms with Crippen LogP contribution in [0.2, 0.25) is 5.02 Å². The molecule has 0 spiro atoms. The van der Waals surface area contributed by atoms with Crippen molar-refractivity contribution >= 4 is 35.1 Å². The highest BCUT2D eigenvalue weighted by molar-refractivity contribution is 7.99. The first-order valence-corrected chi connectivity index (χ1v) is 13.4. The molecular weight excluding hydrogens is 497 g/mol. The second-order valence-corrected chi connectivity index (χ2v) is 11.2. The normalized spacial score (nSPS) is 18.9. The van der Waals surface area contributed by atoms with Crippen LogP contribution in [0.1, 0.15) is 17.2 Å². The minimum atomic E-state index is -0.449. The summed E-state index contributed by atoms with van der Waals surface area (Å²) in [5.74, 6) is 0.000990. The van der Waals surface area contributed by atoms with E-state index in [0.29, 0.717) is 0 Å². The Bertz CT molecular complexity index is 1170. The first kappa shape index (κ1) is 24.1. The van der Waals surface area contributed by atoms with Crippen LogP contribution in [0.4, 0.5) is 13.2 Å². The topological polar surface area (TPSA) is 6.48 Å². The number of piperazine rings is 1. The molecule has 2 aliphatic heterocycles. The van der Waals surface area contributed by atoms with Crippen molar-refractivity contribution in [2.24, 2.45) is 0 Å². The van der Waals surface area contributed by atoms with Crippen LogP contribution in [0, 0.1) is 17.5 Å². The predicted octanol–water partition coefficient (Wildman–Crippen LogP) is 6.92. The predicted molar refractivity (Wildman–Crippen MR) is 134 cm³/mol. The molecule has 34 heavy (non-hydrogen) atoms. The van der Waals surface area contributed by atoms with Gasteiger partial charge in [0.05, 0.1) is 5.02 Å². The van der Waals surface area contributed by atoms with Crippen LogP contribution in [-0.2, 0) is 6.42 Å². The number of nitrogens with zero attached hydrogens (tertiary/aromatic N) is 2. The first-order chi connectivity index (χ1) is 16.5. The van der Waals surface area contributed by atoms with Gasteiger partial charge in [0.2, 0.25) is 0 Å². The fraction of sp³-hybridized carbons (Fsp3) is 0.308. The summed E-state index contributed by atoms with van der Waals surface area (Å²) < 4.78 is 41.3. The van der Waals surface area contributed by atoms with Crippen molar-refractivity contribution < 1.29 is 13.2 Å². The zero-order valence-corrected chi connectivity index (χ0v) is 20.8. The van der Waals surface area contributed by atoms with E-state index < -0.39 is 5.82 Å². The third kappa shape index (κ3) is 5.44. The fourth-order valence-corrected chi connectivity index (χ4v) is 6.82. The molecule has 3 aromatic carbocycles. The molecule has 1 saturated heterocycles. The van der Waals surface area contributed by atoms with Crippen molar-refractivity contribution in [3.05, 3.63) is 88.2 Å². The van der Waals surface area contributed by atoms with E-state index in [1.165, 1.54) is 42.1 Å². The lowest BCUT2D eigenvalue weighted by Crippen LogP contribution is -2.48. The van der Waals surface area contributed by atoms with Gasteiger partial charge in [-0.25, -0.2) is 13.2 Å². The molecule has 1 fully saturated rings. The molecule has 0 bridgehead atoms. The summed E-state index contributed by atoms with van der Waals surface area (Å²) in [5.41, 5.74) is 2.08. The molecule has 0 aliphatic carbocycles. The lowest BCUT2D eigenvalue weighted by Gasteiger charge is -2.39. The maximum atomic E-state index is 14.3. The Morgan fingerprint density at radius 1 is 0.882 bits per heavy atom. The second-order valence-electron chi connectivity index (χ2n) is 8.56. The van der Waals surface area contributed by atoms with Crippen molar-refractivity contribution in [3.63, 3.8) is 0 Å². The largest absolute Gasteiger partial charge is 0.300 e. The quantitative estimate of drug-likeness (QED) is 0.337. The number of rotatable bonds is 5. The van der Waals surface area contributed by atoms with Crippen LogP contribution in [0.3, 0.4) is 0 Å². The average Bonchev–Trinajstić information content (AvgIpc) is 2.97. The molecule has 178 valence electrons. The molecule has 0 aromatic heterocycles. The number of fused-ring (bicyclic) bond motifs is 2. The van der Waals surface area contributed by atoms with Gasteiger partial charge in [-0.05, 0) is 66.1 Å². The van der Waals surface area contributed by atoms with Gasteiger partial charge in [0, 0.05) is 59.2 Å². The minimum Gasteiger partial charge on any atom is -0.300 e. The van der Waals surface area contributed by atoms with E-state index in [1.807, 2.05) is 18.2 Å². The molecule has 0 unspecified atom stereocenters. The molecule has 0 N–H and O–H groups in total. The standard InChI is InChI=1S/C26H24ClF3N2S2/c27-22-15-21-24(13-17-1-2-19(29)14-25(17)34-26(21)16-23(22)30)32-9-7-31(8-10-32)11-12-33-20-5-3-18(28)4-6-20/h1-6,14-16,24H,7-13H2/t24-/m1/s1. The highest BCUT2D eigenvalue weighted by Gasteiger charge is 2.31. The number of thioether (sulfide) groups is 1. The second kappa shape index (κ2) is 10.5. The Labute approximate surface area is 211 Å². The first-order valence-electron chi connectivity index (χ1n) is 11.3. The van der Waals surface area contributed by atoms with E-state index in [1.54, 1.807) is 17.8 Å². The summed E-state index contributed by atoms with van der Waals surface area (Å²) in [7, 11) is 0. The van der Waals surface area contributed by atoms with Crippen molar-refractivity contribution in [1.82, 2.24) is 9.80 Å². The Morgan fingerprint density at radius 3 is 2.38 bits per heavy atom. The fourth-order valence-electron chi connectivity index (χ4n) is 4.57. The van der Waals surface area contributed by atoms with Gasteiger partial charge in [0.15, 0.2) is 0 Å². The number of halogens is 4. The van der Waals surface area contributed by atoms with E-state index >= 15 is 0 Å². The molecule has 2 aliphatic rings. The van der Waals surface area contributed by atoms with E-state index in [2.05, 4.69) is 9.80 Å². The Morgan fingerprint density at radius 2 is 1.62 bits per heavy atom. The summed E-state index contributed by atoms with van der Waals surface area (Å²) in [6.07, 6.45) is 0.734. The maximum absolute atomic E-state index is 14.3. The van der Waals surface area contributed by atoms with Crippen LogP contribution in [0.5, 0.6) is 0 Å². The van der Waals surface area contributed by atoms with E-state index in [4.69, 9.17) is 11.6 Å². The average molecular weight is 521 g/mol. The molecule has 8 heteroatoms. The SMILES string of the molecule is Fc1ccc(SCCN2CCN([C@@H]3Cc4ccc(F)cc4Sc4cc(F)c(Cl)cc43)CC2)cc1. The molecule has 1 atom stereocenters. The molecule has 3 aromatic rings. The van der Waals surface area contributed by atoms with Gasteiger partial charge in [-0.2, -0.15) is 0 Å². The van der Waals surface area contributed by atoms with E-state index in [9.17, 15) is 13.2 Å². The maximum Gasteiger partial charge on any atom is 0.142 e. The molecule has 2 nitrogen and oxygen atoms in total. The van der Waals surface area contributed by atoms with Crippen molar-refractivity contribution in [2.45, 2.75) is 27.1 Å². The number of hydrogen-bond donors (Lipinski definition) is 0. The highest BCUT2D eigenvalue weighted by Crippen LogP contribution is 2.44. The summed E-state index contributed by atoms with van der Waals surface area (Å²) in [6, 6.07) is 14.8. The lowest BCUT2D eigenvalue weighted by atomic mass is 9.96. The molecule has 5 rings (SSSR count). The third-order valence-corrected chi connectivity index (χ3v) is 8.87. The van der Waals surface area contributed by atoms with Gasteiger partial charge in [-0.3, -0.25) is 9.80 Å². The van der Waals surface area contributed by atoms with Crippen LogP contribution in [-0.4, -0.2) is 48.3 Å². The summed E-state index contributed by atoms with van der Waals surface area (Å²) >= 11 is 9.34. The summed E-state index contributed by atoms with van der Waals surface area (Å²) in [4.78, 5) is 7.60. The molecule has 0 saturated carbocycles. The van der Waals surface area contributed by atoms with Gasteiger partial charge in [0.25, 0.3) is 0 Å². The van der Waals surface area contributed by atoms with Crippen LogP contribution >= 0.6 is 35.1 Å². The van der Waals surface area contributed by atoms with E-state index in [0.717, 1.165) is 70.7 Å². The van der Waals surface area contributed by atoms with Gasteiger partial charge in [0.1, 0.15) is 17.5 Å². The Hall–Kier alpha value is -1.64. The zero-order chi connectivity index (χ0) is 23.7. The summed E-state index contributed by atoms with van der Waals surface area (Å²) in [5, 5.41) is 0.123.